The molecule has 0 radical (unpaired) electrons. The molecule has 0 bridgehead atoms. The van der Waals surface area contributed by atoms with Gasteiger partial charge in [0.2, 0.25) is 0 Å². The fraction of sp³-hybridized carbons (Fsp3) is 0.0417. The highest BCUT2D eigenvalue weighted by Gasteiger charge is 2.17. The number of para-hydroxylation sites is 2. The van der Waals surface area contributed by atoms with E-state index >= 15 is 0 Å². The number of nitrogens with zero attached hydrogens (tertiary/aromatic N) is 2. The van der Waals surface area contributed by atoms with E-state index in [9.17, 15) is 0 Å². The Labute approximate surface area is 291 Å². The lowest BCUT2D eigenvalue weighted by molar-refractivity contribution is 1.04. The van der Waals surface area contributed by atoms with E-state index in [2.05, 4.69) is 191 Å². The van der Waals surface area contributed by atoms with E-state index in [0.29, 0.717) is 0 Å². The van der Waals surface area contributed by atoms with Crippen molar-refractivity contribution in [2.75, 3.05) is 0 Å². The molecule has 2 aromatic heterocycles. The van der Waals surface area contributed by atoms with E-state index in [1.165, 1.54) is 82.7 Å². The van der Waals surface area contributed by atoms with Crippen LogP contribution >= 0.6 is 0 Å². The van der Waals surface area contributed by atoms with Gasteiger partial charge < -0.3 is 9.13 Å². The van der Waals surface area contributed by atoms with Gasteiger partial charge >= 0.3 is 0 Å². The molecule has 0 amide bonds. The Kier molecular flexibility index (Phi) is 6.67. The number of hydrogen-bond acceptors (Lipinski definition) is 0. The minimum absolute atomic E-state index is 1.10. The monoisotopic (exact) mass is 638 g/mol. The predicted molar refractivity (Wildman–Crippen MR) is 212 cm³/mol. The second-order valence-electron chi connectivity index (χ2n) is 13.3. The van der Waals surface area contributed by atoms with E-state index in [0.717, 1.165) is 18.5 Å². The van der Waals surface area contributed by atoms with Crippen LogP contribution in [0.2, 0.25) is 0 Å². The first-order chi connectivity index (χ1) is 24.8. The van der Waals surface area contributed by atoms with Crippen LogP contribution < -0.4 is 0 Å². The molecular weight excluding hydrogens is 605 g/mol. The van der Waals surface area contributed by atoms with Gasteiger partial charge in [-0.3, -0.25) is 0 Å². The van der Waals surface area contributed by atoms with Crippen molar-refractivity contribution in [2.24, 2.45) is 0 Å². The average Bonchev–Trinajstić information content (AvgIpc) is 3.70. The molecule has 2 heterocycles. The SMILES string of the molecule is C1=CC(c2ccc3c4cc(-c5ccc6c(c5)c5ccccc5n6-c5ccc(-c6ccccc6)cc5)ccc4n(-c4ccccc4)c3c2)=CCC1. The molecule has 50 heavy (non-hydrogen) atoms. The number of aromatic nitrogens is 2. The van der Waals surface area contributed by atoms with E-state index in [-0.39, 0.29) is 0 Å². The van der Waals surface area contributed by atoms with Crippen LogP contribution in [0.4, 0.5) is 0 Å². The lowest BCUT2D eigenvalue weighted by Gasteiger charge is -2.11. The summed E-state index contributed by atoms with van der Waals surface area (Å²) in [4.78, 5) is 0. The molecule has 0 atom stereocenters. The van der Waals surface area contributed by atoms with Crippen molar-refractivity contribution < 1.29 is 0 Å². The van der Waals surface area contributed by atoms with E-state index in [4.69, 9.17) is 0 Å². The zero-order valence-corrected chi connectivity index (χ0v) is 27.6. The molecule has 0 unspecified atom stereocenters. The summed E-state index contributed by atoms with van der Waals surface area (Å²) in [6.45, 7) is 0. The van der Waals surface area contributed by atoms with Gasteiger partial charge in [0.15, 0.2) is 0 Å². The maximum Gasteiger partial charge on any atom is 0.0547 e. The molecule has 7 aromatic carbocycles. The molecule has 0 N–H and O–H groups in total. The van der Waals surface area contributed by atoms with E-state index in [1.54, 1.807) is 0 Å². The molecular formula is C48H34N2. The van der Waals surface area contributed by atoms with Crippen LogP contribution in [0.5, 0.6) is 0 Å². The standard InChI is InChI=1S/C48H34N2/c1-4-12-33(13-5-1)35-20-25-40(26-21-35)49-45-19-11-10-18-41(45)43-30-36(23-28-46(43)49)37-24-29-47-44(31-37)42-27-22-38(34-14-6-2-7-15-34)32-48(42)50(47)39-16-8-3-9-17-39/h1,3-6,8-32H,2,7H2. The van der Waals surface area contributed by atoms with Crippen molar-refractivity contribution in [1.29, 1.82) is 0 Å². The highest BCUT2D eigenvalue weighted by molar-refractivity contribution is 6.13. The van der Waals surface area contributed by atoms with Crippen LogP contribution in [0.3, 0.4) is 0 Å². The average molecular weight is 639 g/mol. The summed E-state index contributed by atoms with van der Waals surface area (Å²) >= 11 is 0. The normalized spacial score (nSPS) is 13.1. The first-order valence-electron chi connectivity index (χ1n) is 17.5. The lowest BCUT2D eigenvalue weighted by Crippen LogP contribution is -1.94. The highest BCUT2D eigenvalue weighted by atomic mass is 15.0. The van der Waals surface area contributed by atoms with Crippen LogP contribution in [0.25, 0.3) is 82.8 Å². The van der Waals surface area contributed by atoms with Gasteiger partial charge in [0.25, 0.3) is 0 Å². The maximum absolute atomic E-state index is 2.42. The minimum Gasteiger partial charge on any atom is -0.309 e. The summed E-state index contributed by atoms with van der Waals surface area (Å²) in [6, 6.07) is 60.0. The summed E-state index contributed by atoms with van der Waals surface area (Å²) in [6.07, 6.45) is 9.13. The van der Waals surface area contributed by atoms with Crippen LogP contribution in [0.15, 0.2) is 182 Å². The number of allylic oxidation sites excluding steroid dienone is 4. The molecule has 2 nitrogen and oxygen atoms in total. The molecule has 0 saturated heterocycles. The van der Waals surface area contributed by atoms with Gasteiger partial charge in [-0.05, 0) is 107 Å². The van der Waals surface area contributed by atoms with Gasteiger partial charge in [0, 0.05) is 32.9 Å². The summed E-state index contributed by atoms with van der Waals surface area (Å²) in [5, 5.41) is 5.06. The third-order valence-corrected chi connectivity index (χ3v) is 10.3. The van der Waals surface area contributed by atoms with Crippen molar-refractivity contribution in [1.82, 2.24) is 9.13 Å². The van der Waals surface area contributed by atoms with Gasteiger partial charge in [-0.25, -0.2) is 0 Å². The number of benzene rings is 7. The molecule has 2 heteroatoms. The molecule has 9 aromatic rings. The molecule has 10 rings (SSSR count). The molecule has 1 aliphatic carbocycles. The van der Waals surface area contributed by atoms with Gasteiger partial charge in [-0.15, -0.1) is 0 Å². The van der Waals surface area contributed by atoms with Gasteiger partial charge in [-0.1, -0.05) is 121 Å². The maximum atomic E-state index is 2.42. The highest BCUT2D eigenvalue weighted by Crippen LogP contribution is 2.39. The molecule has 0 aliphatic heterocycles. The van der Waals surface area contributed by atoms with Crippen LogP contribution in [0.1, 0.15) is 18.4 Å². The van der Waals surface area contributed by atoms with Crippen molar-refractivity contribution in [3.8, 4) is 33.6 Å². The third kappa shape index (κ3) is 4.64. The summed E-state index contributed by atoms with van der Waals surface area (Å²) in [5.74, 6) is 0. The van der Waals surface area contributed by atoms with Gasteiger partial charge in [0.05, 0.1) is 22.1 Å². The zero-order valence-electron chi connectivity index (χ0n) is 27.6. The summed E-state index contributed by atoms with van der Waals surface area (Å²) in [5.41, 5.74) is 14.7. The Morgan fingerprint density at radius 2 is 0.880 bits per heavy atom. The van der Waals surface area contributed by atoms with Gasteiger partial charge in [0.1, 0.15) is 0 Å². The number of hydrogen-bond donors (Lipinski definition) is 0. The third-order valence-electron chi connectivity index (χ3n) is 10.3. The van der Waals surface area contributed by atoms with Crippen LogP contribution in [-0.2, 0) is 0 Å². The molecule has 0 saturated carbocycles. The van der Waals surface area contributed by atoms with Gasteiger partial charge in [-0.2, -0.15) is 0 Å². The molecule has 236 valence electrons. The molecule has 0 fully saturated rings. The Bertz CT molecular complexity index is 2770. The Hall–Kier alpha value is -6.38. The molecule has 1 aliphatic rings. The predicted octanol–water partition coefficient (Wildman–Crippen LogP) is 12.9. The first-order valence-corrected chi connectivity index (χ1v) is 17.5. The second-order valence-corrected chi connectivity index (χ2v) is 13.3. The summed E-state index contributed by atoms with van der Waals surface area (Å²) < 4.78 is 4.82. The lowest BCUT2D eigenvalue weighted by atomic mass is 9.97. The quantitative estimate of drug-likeness (QED) is 0.178. The summed E-state index contributed by atoms with van der Waals surface area (Å²) in [7, 11) is 0. The van der Waals surface area contributed by atoms with Crippen molar-refractivity contribution in [2.45, 2.75) is 12.8 Å². The van der Waals surface area contributed by atoms with E-state index < -0.39 is 0 Å². The molecule has 0 spiro atoms. The van der Waals surface area contributed by atoms with Crippen molar-refractivity contribution >= 4 is 49.2 Å². The topological polar surface area (TPSA) is 9.86 Å². The fourth-order valence-electron chi connectivity index (χ4n) is 7.93. The Morgan fingerprint density at radius 3 is 1.58 bits per heavy atom. The largest absolute Gasteiger partial charge is 0.309 e. The Balaban J connectivity index is 1.12. The van der Waals surface area contributed by atoms with E-state index in [1.807, 2.05) is 0 Å². The van der Waals surface area contributed by atoms with Crippen LogP contribution in [0, 0.1) is 0 Å². The van der Waals surface area contributed by atoms with Crippen molar-refractivity contribution in [3.63, 3.8) is 0 Å². The smallest absolute Gasteiger partial charge is 0.0547 e. The fourth-order valence-corrected chi connectivity index (χ4v) is 7.93. The van der Waals surface area contributed by atoms with Crippen LogP contribution in [-0.4, -0.2) is 9.13 Å². The zero-order chi connectivity index (χ0) is 33.0. The second kappa shape index (κ2) is 11.6. The number of fused-ring (bicyclic) bond motifs is 6. The Morgan fingerprint density at radius 1 is 0.340 bits per heavy atom. The number of rotatable bonds is 5. The van der Waals surface area contributed by atoms with Crippen molar-refractivity contribution in [3.05, 3.63) is 188 Å². The first kappa shape index (κ1) is 28.6. The minimum atomic E-state index is 1.10.